The number of hydrogen-bond donors (Lipinski definition) is 1. The topological polar surface area (TPSA) is 77.9 Å². The number of nitrogens with one attached hydrogen (secondary N) is 1. The first-order valence-electron chi connectivity index (χ1n) is 5.11. The Bertz CT molecular complexity index is 357. The number of hydrogen-bond acceptors (Lipinski definition) is 3. The minimum Gasteiger partial charge on any atom is -0.356 e. The highest BCUT2D eigenvalue weighted by molar-refractivity contribution is 7.07. The third-order valence-corrected chi connectivity index (χ3v) is 2.75. The molecule has 0 unspecified atom stereocenters. The van der Waals surface area contributed by atoms with E-state index in [1.54, 1.807) is 11.3 Å². The van der Waals surface area contributed by atoms with Crippen LogP contribution in [-0.4, -0.2) is 19.0 Å². The molecule has 1 heterocycles. The average molecular weight is 238 g/mol. The van der Waals surface area contributed by atoms with Crippen molar-refractivity contribution in [2.24, 2.45) is 5.11 Å². The molecule has 6 heteroatoms. The SMILES string of the molecule is [N-]=[N+]=NCCCCNC(=O)Cc1ccsc1. The van der Waals surface area contributed by atoms with Gasteiger partial charge in [0.2, 0.25) is 5.91 Å². The van der Waals surface area contributed by atoms with E-state index in [1.807, 2.05) is 16.8 Å². The summed E-state index contributed by atoms with van der Waals surface area (Å²) in [7, 11) is 0. The molecule has 0 aliphatic rings. The van der Waals surface area contributed by atoms with Gasteiger partial charge in [-0.3, -0.25) is 4.79 Å². The van der Waals surface area contributed by atoms with Crippen LogP contribution in [0.15, 0.2) is 21.9 Å². The lowest BCUT2D eigenvalue weighted by atomic mass is 10.2. The van der Waals surface area contributed by atoms with Crippen LogP contribution in [0.3, 0.4) is 0 Å². The Balaban J connectivity index is 2.04. The predicted molar refractivity (Wildman–Crippen MR) is 64.3 cm³/mol. The second-order valence-electron chi connectivity index (χ2n) is 3.32. The Kier molecular flexibility index (Phi) is 6.06. The van der Waals surface area contributed by atoms with Crippen LogP contribution in [0.25, 0.3) is 10.4 Å². The number of rotatable bonds is 7. The van der Waals surface area contributed by atoms with Crippen molar-refractivity contribution in [3.63, 3.8) is 0 Å². The summed E-state index contributed by atoms with van der Waals surface area (Å²) in [5, 5.41) is 10.2. The Hall–Kier alpha value is -1.52. The zero-order valence-electron chi connectivity index (χ0n) is 8.93. The summed E-state index contributed by atoms with van der Waals surface area (Å²) >= 11 is 1.59. The lowest BCUT2D eigenvalue weighted by molar-refractivity contribution is -0.120. The largest absolute Gasteiger partial charge is 0.356 e. The first kappa shape index (κ1) is 12.5. The molecule has 1 N–H and O–H groups in total. The Morgan fingerprint density at radius 1 is 1.56 bits per heavy atom. The maximum absolute atomic E-state index is 11.4. The third kappa shape index (κ3) is 5.38. The first-order valence-corrected chi connectivity index (χ1v) is 6.06. The second-order valence-corrected chi connectivity index (χ2v) is 4.10. The second kappa shape index (κ2) is 7.73. The molecule has 0 fully saturated rings. The van der Waals surface area contributed by atoms with Crippen LogP contribution in [0, 0.1) is 0 Å². The molecule has 0 radical (unpaired) electrons. The van der Waals surface area contributed by atoms with Crippen molar-refractivity contribution in [3.8, 4) is 0 Å². The molecule has 5 nitrogen and oxygen atoms in total. The Labute approximate surface area is 98.1 Å². The van der Waals surface area contributed by atoms with Gasteiger partial charge in [0.05, 0.1) is 6.42 Å². The molecule has 1 rings (SSSR count). The van der Waals surface area contributed by atoms with Crippen molar-refractivity contribution in [1.82, 2.24) is 5.32 Å². The molecule has 0 spiro atoms. The molecule has 0 aliphatic carbocycles. The first-order chi connectivity index (χ1) is 7.83. The van der Waals surface area contributed by atoms with E-state index in [4.69, 9.17) is 5.53 Å². The third-order valence-electron chi connectivity index (χ3n) is 2.02. The van der Waals surface area contributed by atoms with Crippen molar-refractivity contribution in [2.75, 3.05) is 13.1 Å². The van der Waals surface area contributed by atoms with Crippen molar-refractivity contribution in [3.05, 3.63) is 32.8 Å². The van der Waals surface area contributed by atoms with E-state index in [0.29, 0.717) is 19.5 Å². The highest BCUT2D eigenvalue weighted by atomic mass is 32.1. The summed E-state index contributed by atoms with van der Waals surface area (Å²) in [6.07, 6.45) is 2.09. The van der Waals surface area contributed by atoms with E-state index in [9.17, 15) is 4.79 Å². The molecule has 0 aromatic carbocycles. The minimum atomic E-state index is 0.0437. The smallest absolute Gasteiger partial charge is 0.224 e. The van der Waals surface area contributed by atoms with Crippen molar-refractivity contribution >= 4 is 17.2 Å². The molecular weight excluding hydrogens is 224 g/mol. The summed E-state index contributed by atoms with van der Waals surface area (Å²) in [6.45, 7) is 1.14. The molecular formula is C10H14N4OS. The lowest BCUT2D eigenvalue weighted by Crippen LogP contribution is -2.25. The fraction of sp³-hybridized carbons (Fsp3) is 0.500. The zero-order chi connectivity index (χ0) is 11.6. The van der Waals surface area contributed by atoms with Gasteiger partial charge in [0.15, 0.2) is 0 Å². The van der Waals surface area contributed by atoms with Gasteiger partial charge >= 0.3 is 0 Å². The highest BCUT2D eigenvalue weighted by Gasteiger charge is 2.02. The van der Waals surface area contributed by atoms with E-state index < -0.39 is 0 Å². The standard InChI is InChI=1S/C10H14N4OS/c11-14-13-5-2-1-4-12-10(15)7-9-3-6-16-8-9/h3,6,8H,1-2,4-5,7H2,(H,12,15). The lowest BCUT2D eigenvalue weighted by Gasteiger charge is -2.02. The van der Waals surface area contributed by atoms with Gasteiger partial charge in [-0.15, -0.1) is 0 Å². The predicted octanol–water partition coefficient (Wildman–Crippen LogP) is 2.50. The molecule has 0 aliphatic heterocycles. The number of carbonyl (C=O) groups is 1. The molecule has 1 aromatic rings. The van der Waals surface area contributed by atoms with E-state index in [1.165, 1.54) is 0 Å². The molecule has 1 amide bonds. The Morgan fingerprint density at radius 2 is 2.44 bits per heavy atom. The molecule has 0 saturated carbocycles. The highest BCUT2D eigenvalue weighted by Crippen LogP contribution is 2.06. The summed E-state index contributed by atoms with van der Waals surface area (Å²) in [4.78, 5) is 14.1. The quantitative estimate of drug-likeness (QED) is 0.337. The maximum atomic E-state index is 11.4. The van der Waals surface area contributed by atoms with E-state index in [2.05, 4.69) is 15.3 Å². The van der Waals surface area contributed by atoms with Crippen molar-refractivity contribution in [2.45, 2.75) is 19.3 Å². The van der Waals surface area contributed by atoms with Crippen LogP contribution < -0.4 is 5.32 Å². The average Bonchev–Trinajstić information content (AvgIpc) is 2.76. The molecule has 86 valence electrons. The fourth-order valence-corrected chi connectivity index (χ4v) is 1.89. The van der Waals surface area contributed by atoms with Crippen molar-refractivity contribution in [1.29, 1.82) is 0 Å². The minimum absolute atomic E-state index is 0.0437. The number of azide groups is 1. The van der Waals surface area contributed by atoms with Crippen LogP contribution in [0.4, 0.5) is 0 Å². The Morgan fingerprint density at radius 3 is 3.12 bits per heavy atom. The van der Waals surface area contributed by atoms with Gasteiger partial charge in [-0.05, 0) is 40.8 Å². The summed E-state index contributed by atoms with van der Waals surface area (Å²) < 4.78 is 0. The number of thiophene rings is 1. The van der Waals surface area contributed by atoms with Gasteiger partial charge in [-0.1, -0.05) is 5.11 Å². The summed E-state index contributed by atoms with van der Waals surface area (Å²) in [5.41, 5.74) is 9.10. The van der Waals surface area contributed by atoms with Gasteiger partial charge in [-0.25, -0.2) is 0 Å². The van der Waals surface area contributed by atoms with Gasteiger partial charge < -0.3 is 5.32 Å². The van der Waals surface area contributed by atoms with Crippen LogP contribution >= 0.6 is 11.3 Å². The normalized spacial score (nSPS) is 9.50. The van der Waals surface area contributed by atoms with E-state index >= 15 is 0 Å². The van der Waals surface area contributed by atoms with Gasteiger partial charge in [-0.2, -0.15) is 11.3 Å². The molecule has 0 saturated heterocycles. The molecule has 0 bridgehead atoms. The van der Waals surface area contributed by atoms with Crippen molar-refractivity contribution < 1.29 is 4.79 Å². The van der Waals surface area contributed by atoms with Gasteiger partial charge in [0.1, 0.15) is 0 Å². The number of nitrogens with zero attached hydrogens (tertiary/aromatic N) is 3. The van der Waals surface area contributed by atoms with E-state index in [-0.39, 0.29) is 5.91 Å². The number of amides is 1. The van der Waals surface area contributed by atoms with Gasteiger partial charge in [0.25, 0.3) is 0 Å². The van der Waals surface area contributed by atoms with Gasteiger partial charge in [0, 0.05) is 18.0 Å². The molecule has 0 atom stereocenters. The summed E-state index contributed by atoms with van der Waals surface area (Å²) in [6, 6.07) is 1.95. The zero-order valence-corrected chi connectivity index (χ0v) is 9.74. The van der Waals surface area contributed by atoms with E-state index in [0.717, 1.165) is 18.4 Å². The number of carbonyl (C=O) groups excluding carboxylic acids is 1. The van der Waals surface area contributed by atoms with Crippen LogP contribution in [0.1, 0.15) is 18.4 Å². The molecule has 16 heavy (non-hydrogen) atoms. The number of unbranched alkanes of at least 4 members (excludes halogenated alkanes) is 1. The fourth-order valence-electron chi connectivity index (χ4n) is 1.22. The summed E-state index contributed by atoms with van der Waals surface area (Å²) in [5.74, 6) is 0.0437. The van der Waals surface area contributed by atoms with Crippen LogP contribution in [0.5, 0.6) is 0 Å². The maximum Gasteiger partial charge on any atom is 0.224 e. The monoisotopic (exact) mass is 238 g/mol. The molecule has 1 aromatic heterocycles. The van der Waals surface area contributed by atoms with Crippen LogP contribution in [-0.2, 0) is 11.2 Å². The van der Waals surface area contributed by atoms with Crippen LogP contribution in [0.2, 0.25) is 0 Å².